The van der Waals surface area contributed by atoms with Gasteiger partial charge in [-0.25, -0.2) is 9.67 Å². The molecule has 0 radical (unpaired) electrons. The van der Waals surface area contributed by atoms with E-state index in [1.807, 2.05) is 0 Å². The lowest BCUT2D eigenvalue weighted by Gasteiger charge is -2.14. The average Bonchev–Trinajstić information content (AvgIpc) is 2.76. The smallest absolute Gasteiger partial charge is 0.274 e. The number of pyridine rings is 1. The van der Waals surface area contributed by atoms with E-state index in [1.54, 1.807) is 79.7 Å². The number of nitriles is 1. The van der Waals surface area contributed by atoms with Crippen LogP contribution in [0.5, 0.6) is 0 Å². The highest BCUT2D eigenvalue weighted by atomic mass is 19.1. The zero-order chi connectivity index (χ0) is 21.3. The maximum atomic E-state index is 14.9. The molecule has 0 bridgehead atoms. The second kappa shape index (κ2) is 7.76. The first-order valence-electron chi connectivity index (χ1n) is 9.31. The van der Waals surface area contributed by atoms with Gasteiger partial charge in [-0.2, -0.15) is 14.8 Å². The highest BCUT2D eigenvalue weighted by Crippen LogP contribution is 2.27. The van der Waals surface area contributed by atoms with Gasteiger partial charge in [-0.05, 0) is 35.9 Å². The number of hydrogen-bond acceptors (Lipinski definition) is 5. The van der Waals surface area contributed by atoms with Gasteiger partial charge in [0.15, 0.2) is 0 Å². The lowest BCUT2D eigenvalue weighted by molar-refractivity contribution is 0.584. The highest BCUT2D eigenvalue weighted by molar-refractivity contribution is 5.93. The number of anilines is 1. The second-order valence-electron chi connectivity index (χ2n) is 7.07. The van der Waals surface area contributed by atoms with Crippen molar-refractivity contribution >= 4 is 16.6 Å². The van der Waals surface area contributed by atoms with Gasteiger partial charge in [-0.3, -0.25) is 4.79 Å². The Morgan fingerprint density at radius 2 is 1.73 bits per heavy atom. The summed E-state index contributed by atoms with van der Waals surface area (Å²) >= 11 is 0. The summed E-state index contributed by atoms with van der Waals surface area (Å²) in [7, 11) is 3.57. The van der Waals surface area contributed by atoms with Gasteiger partial charge in [0.25, 0.3) is 5.56 Å². The third-order valence-corrected chi connectivity index (χ3v) is 4.83. The SMILES string of the molecule is CN(C)c1ccc(-c2nn(Cc3ccc(C#N)cc3)c(=O)c3ccccc23)c(F)n1. The minimum absolute atomic E-state index is 0.202. The summed E-state index contributed by atoms with van der Waals surface area (Å²) in [6.07, 6.45) is 0. The third-order valence-electron chi connectivity index (χ3n) is 4.83. The molecule has 0 unspecified atom stereocenters. The van der Waals surface area contributed by atoms with E-state index in [0.29, 0.717) is 27.8 Å². The van der Waals surface area contributed by atoms with Crippen LogP contribution in [0.2, 0.25) is 0 Å². The summed E-state index contributed by atoms with van der Waals surface area (Å²) in [4.78, 5) is 18.7. The molecular formula is C23H18FN5O. The predicted molar refractivity (Wildman–Crippen MR) is 114 cm³/mol. The van der Waals surface area contributed by atoms with E-state index in [-0.39, 0.29) is 17.7 Å². The van der Waals surface area contributed by atoms with Gasteiger partial charge < -0.3 is 4.90 Å². The van der Waals surface area contributed by atoms with Crippen molar-refractivity contribution in [3.8, 4) is 17.3 Å². The first-order chi connectivity index (χ1) is 14.5. The van der Waals surface area contributed by atoms with Crippen molar-refractivity contribution in [2.75, 3.05) is 19.0 Å². The number of nitrogens with zero attached hydrogens (tertiary/aromatic N) is 5. The monoisotopic (exact) mass is 399 g/mol. The van der Waals surface area contributed by atoms with Crippen molar-refractivity contribution in [3.05, 3.63) is 88.1 Å². The molecule has 4 rings (SSSR count). The van der Waals surface area contributed by atoms with Crippen molar-refractivity contribution in [2.24, 2.45) is 0 Å². The van der Waals surface area contributed by atoms with E-state index in [4.69, 9.17) is 5.26 Å². The maximum absolute atomic E-state index is 14.9. The standard InChI is InChI=1S/C23H18FN5O/c1-28(2)20-12-11-19(22(24)26-20)21-17-5-3-4-6-18(17)23(30)29(27-21)14-16-9-7-15(13-25)8-10-16/h3-12H,14H2,1-2H3. The number of rotatable bonds is 4. The van der Waals surface area contributed by atoms with E-state index >= 15 is 0 Å². The number of benzene rings is 2. The van der Waals surface area contributed by atoms with Gasteiger partial charge in [-0.1, -0.05) is 30.3 Å². The largest absolute Gasteiger partial charge is 0.363 e. The third kappa shape index (κ3) is 3.51. The minimum Gasteiger partial charge on any atom is -0.363 e. The number of fused-ring (bicyclic) bond motifs is 1. The molecule has 0 aliphatic heterocycles. The molecule has 0 amide bonds. The summed E-state index contributed by atoms with van der Waals surface area (Å²) in [5, 5.41) is 14.5. The van der Waals surface area contributed by atoms with Gasteiger partial charge in [0.05, 0.1) is 29.1 Å². The first-order valence-corrected chi connectivity index (χ1v) is 9.31. The fourth-order valence-electron chi connectivity index (χ4n) is 3.25. The lowest BCUT2D eigenvalue weighted by atomic mass is 10.1. The molecule has 6 nitrogen and oxygen atoms in total. The molecule has 0 aliphatic rings. The van der Waals surface area contributed by atoms with Crippen LogP contribution in [0.3, 0.4) is 0 Å². The van der Waals surface area contributed by atoms with Gasteiger partial charge in [-0.15, -0.1) is 0 Å². The molecule has 2 aromatic carbocycles. The van der Waals surface area contributed by atoms with Crippen LogP contribution in [0.4, 0.5) is 10.2 Å². The summed E-state index contributed by atoms with van der Waals surface area (Å²) in [5.74, 6) is -0.158. The van der Waals surface area contributed by atoms with Crippen LogP contribution in [0.15, 0.2) is 65.5 Å². The highest BCUT2D eigenvalue weighted by Gasteiger charge is 2.17. The number of hydrogen-bond donors (Lipinski definition) is 0. The lowest BCUT2D eigenvalue weighted by Crippen LogP contribution is -2.24. The molecule has 148 valence electrons. The Hall–Kier alpha value is -4.05. The fourth-order valence-corrected chi connectivity index (χ4v) is 3.25. The molecule has 4 aromatic rings. The van der Waals surface area contributed by atoms with Crippen LogP contribution in [-0.2, 0) is 6.54 Å². The van der Waals surface area contributed by atoms with Crippen LogP contribution in [0, 0.1) is 17.3 Å². The fraction of sp³-hybridized carbons (Fsp3) is 0.130. The second-order valence-corrected chi connectivity index (χ2v) is 7.07. The van der Waals surface area contributed by atoms with Crippen molar-refractivity contribution in [1.29, 1.82) is 5.26 Å². The molecule has 0 N–H and O–H groups in total. The van der Waals surface area contributed by atoms with Crippen LogP contribution >= 0.6 is 0 Å². The first kappa shape index (κ1) is 19.3. The Labute approximate surface area is 172 Å². The van der Waals surface area contributed by atoms with Crippen molar-refractivity contribution in [1.82, 2.24) is 14.8 Å². The molecular weight excluding hydrogens is 381 g/mol. The van der Waals surface area contributed by atoms with Crippen molar-refractivity contribution in [3.63, 3.8) is 0 Å². The van der Waals surface area contributed by atoms with Gasteiger partial charge in [0.1, 0.15) is 11.5 Å². The Kier molecular flexibility index (Phi) is 4.98. The van der Waals surface area contributed by atoms with Gasteiger partial charge in [0, 0.05) is 19.5 Å². The van der Waals surface area contributed by atoms with E-state index in [1.165, 1.54) is 4.68 Å². The molecule has 0 fully saturated rings. The van der Waals surface area contributed by atoms with Crippen LogP contribution in [0.1, 0.15) is 11.1 Å². The van der Waals surface area contributed by atoms with E-state index in [2.05, 4.69) is 16.2 Å². The predicted octanol–water partition coefficient (Wildman–Crippen LogP) is 3.58. The normalized spacial score (nSPS) is 10.7. The number of halogens is 1. The summed E-state index contributed by atoms with van der Waals surface area (Å²) in [5.41, 5.74) is 1.66. The van der Waals surface area contributed by atoms with E-state index < -0.39 is 5.95 Å². The molecule has 0 saturated heterocycles. The molecule has 7 heteroatoms. The molecule has 30 heavy (non-hydrogen) atoms. The maximum Gasteiger partial charge on any atom is 0.274 e. The Bertz CT molecular complexity index is 1340. The van der Waals surface area contributed by atoms with Crippen LogP contribution in [-0.4, -0.2) is 28.9 Å². The molecule has 0 atom stereocenters. The molecule has 2 heterocycles. The topological polar surface area (TPSA) is 74.8 Å². The van der Waals surface area contributed by atoms with E-state index in [0.717, 1.165) is 5.56 Å². The Morgan fingerprint density at radius 3 is 2.37 bits per heavy atom. The van der Waals surface area contributed by atoms with Crippen LogP contribution in [0.25, 0.3) is 22.0 Å². The summed E-state index contributed by atoms with van der Waals surface area (Å²) in [6.45, 7) is 0.202. The molecule has 2 aromatic heterocycles. The van der Waals surface area contributed by atoms with Gasteiger partial charge >= 0.3 is 0 Å². The van der Waals surface area contributed by atoms with Crippen LogP contribution < -0.4 is 10.5 Å². The Balaban J connectivity index is 1.88. The minimum atomic E-state index is -0.651. The Morgan fingerprint density at radius 1 is 1.03 bits per heavy atom. The number of aromatic nitrogens is 3. The van der Waals surface area contributed by atoms with Crippen molar-refractivity contribution < 1.29 is 4.39 Å². The zero-order valence-corrected chi connectivity index (χ0v) is 16.5. The molecule has 0 saturated carbocycles. The van der Waals surface area contributed by atoms with E-state index in [9.17, 15) is 9.18 Å². The summed E-state index contributed by atoms with van der Waals surface area (Å²) in [6, 6.07) is 19.3. The molecule has 0 spiro atoms. The molecule has 0 aliphatic carbocycles. The quantitative estimate of drug-likeness (QED) is 0.490. The zero-order valence-electron chi connectivity index (χ0n) is 16.5. The van der Waals surface area contributed by atoms with Crippen molar-refractivity contribution in [2.45, 2.75) is 6.54 Å². The van der Waals surface area contributed by atoms with Gasteiger partial charge in [0.2, 0.25) is 5.95 Å². The summed E-state index contributed by atoms with van der Waals surface area (Å²) < 4.78 is 16.2. The average molecular weight is 399 g/mol.